The maximum absolute atomic E-state index is 12.5. The summed E-state index contributed by atoms with van der Waals surface area (Å²) >= 11 is 0. The third kappa shape index (κ3) is 4.12. The Morgan fingerprint density at radius 3 is 2.64 bits per heavy atom. The number of nitrogens with zero attached hydrogens (tertiary/aromatic N) is 1. The molecular weight excluding hydrogens is 362 g/mol. The van der Waals surface area contributed by atoms with Crippen molar-refractivity contribution in [2.45, 2.75) is 0 Å². The number of amides is 4. The first-order valence-corrected chi connectivity index (χ1v) is 8.43. The maximum Gasteiger partial charge on any atom is 0.329 e. The van der Waals surface area contributed by atoms with Gasteiger partial charge in [0.15, 0.2) is 0 Å². The Kier molecular flexibility index (Phi) is 5.59. The minimum atomic E-state index is -0.658. The van der Waals surface area contributed by atoms with Gasteiger partial charge >= 0.3 is 6.03 Å². The van der Waals surface area contributed by atoms with Crippen LogP contribution in [0.5, 0.6) is 11.5 Å². The Morgan fingerprint density at radius 2 is 1.89 bits per heavy atom. The number of imide groups is 1. The van der Waals surface area contributed by atoms with Crippen LogP contribution in [0.25, 0.3) is 6.08 Å². The van der Waals surface area contributed by atoms with Gasteiger partial charge in [-0.25, -0.2) is 9.69 Å². The van der Waals surface area contributed by atoms with Crippen LogP contribution >= 0.6 is 0 Å². The predicted molar refractivity (Wildman–Crippen MR) is 103 cm³/mol. The second-order valence-corrected chi connectivity index (χ2v) is 5.90. The molecule has 144 valence electrons. The molecule has 8 heteroatoms. The van der Waals surface area contributed by atoms with Crippen LogP contribution in [-0.2, 0) is 9.59 Å². The van der Waals surface area contributed by atoms with E-state index in [1.165, 1.54) is 20.3 Å². The smallest absolute Gasteiger partial charge is 0.329 e. The standard InChI is InChI=1S/C20H19N3O5/c1-27-14-7-5-6-13(10-14)11-16-19(25)23(20(26)22-16)12-18(24)21-15-8-3-4-9-17(15)28-2/h3-11H,12H2,1-2H3,(H,21,24)(H,22,26)/b16-11+. The summed E-state index contributed by atoms with van der Waals surface area (Å²) in [5, 5.41) is 5.12. The average molecular weight is 381 g/mol. The van der Waals surface area contributed by atoms with Crippen molar-refractivity contribution in [1.29, 1.82) is 0 Å². The number of benzene rings is 2. The maximum atomic E-state index is 12.5. The highest BCUT2D eigenvalue weighted by Gasteiger charge is 2.35. The topological polar surface area (TPSA) is 97.0 Å². The van der Waals surface area contributed by atoms with Crippen molar-refractivity contribution in [3.8, 4) is 11.5 Å². The molecule has 0 radical (unpaired) electrons. The first-order chi connectivity index (χ1) is 13.5. The summed E-state index contributed by atoms with van der Waals surface area (Å²) in [6.45, 7) is -0.418. The van der Waals surface area contributed by atoms with Crippen LogP contribution in [-0.4, -0.2) is 43.5 Å². The van der Waals surface area contributed by atoms with Gasteiger partial charge in [0.05, 0.1) is 19.9 Å². The summed E-state index contributed by atoms with van der Waals surface area (Å²) in [7, 11) is 3.02. The third-order valence-electron chi connectivity index (χ3n) is 4.05. The fraction of sp³-hybridized carbons (Fsp3) is 0.150. The molecule has 0 aliphatic carbocycles. The number of nitrogens with one attached hydrogen (secondary N) is 2. The highest BCUT2D eigenvalue weighted by Crippen LogP contribution is 2.23. The monoisotopic (exact) mass is 381 g/mol. The highest BCUT2D eigenvalue weighted by atomic mass is 16.5. The van der Waals surface area contributed by atoms with Gasteiger partial charge in [-0.15, -0.1) is 0 Å². The number of urea groups is 1. The van der Waals surface area contributed by atoms with E-state index in [2.05, 4.69) is 10.6 Å². The largest absolute Gasteiger partial charge is 0.497 e. The Balaban J connectivity index is 1.71. The van der Waals surface area contributed by atoms with E-state index in [4.69, 9.17) is 9.47 Å². The second kappa shape index (κ2) is 8.26. The van der Waals surface area contributed by atoms with Gasteiger partial charge in [-0.1, -0.05) is 24.3 Å². The first kappa shape index (κ1) is 19.0. The zero-order valence-electron chi connectivity index (χ0n) is 15.4. The van der Waals surface area contributed by atoms with Crippen LogP contribution < -0.4 is 20.1 Å². The molecule has 0 bridgehead atoms. The molecule has 0 unspecified atom stereocenters. The highest BCUT2D eigenvalue weighted by molar-refractivity contribution is 6.16. The fourth-order valence-electron chi connectivity index (χ4n) is 2.69. The summed E-state index contributed by atoms with van der Waals surface area (Å²) in [5.41, 5.74) is 1.22. The van der Waals surface area contributed by atoms with Crippen LogP contribution in [0.3, 0.4) is 0 Å². The van der Waals surface area contributed by atoms with Crippen molar-refractivity contribution in [3.63, 3.8) is 0 Å². The molecule has 4 amide bonds. The molecule has 1 fully saturated rings. The zero-order valence-corrected chi connectivity index (χ0v) is 15.4. The van der Waals surface area contributed by atoms with Crippen LogP contribution in [0, 0.1) is 0 Å². The molecule has 28 heavy (non-hydrogen) atoms. The number of carbonyl (C=O) groups excluding carboxylic acids is 3. The van der Waals surface area contributed by atoms with E-state index in [0.717, 1.165) is 4.90 Å². The lowest BCUT2D eigenvalue weighted by Gasteiger charge is -2.13. The third-order valence-corrected chi connectivity index (χ3v) is 4.05. The number of methoxy groups -OCH3 is 2. The minimum absolute atomic E-state index is 0.0864. The normalized spacial score (nSPS) is 14.8. The van der Waals surface area contributed by atoms with Crippen molar-refractivity contribution in [1.82, 2.24) is 10.2 Å². The number of rotatable bonds is 6. The number of anilines is 1. The Morgan fingerprint density at radius 1 is 1.11 bits per heavy atom. The van der Waals surface area contributed by atoms with Crippen molar-refractivity contribution < 1.29 is 23.9 Å². The van der Waals surface area contributed by atoms with Crippen molar-refractivity contribution in [3.05, 3.63) is 59.8 Å². The van der Waals surface area contributed by atoms with Crippen molar-refractivity contribution in [2.24, 2.45) is 0 Å². The lowest BCUT2D eigenvalue weighted by atomic mass is 10.2. The quantitative estimate of drug-likeness (QED) is 0.591. The van der Waals surface area contributed by atoms with Gasteiger partial charge in [0.1, 0.15) is 23.7 Å². The summed E-state index contributed by atoms with van der Waals surface area (Å²) in [4.78, 5) is 37.8. The minimum Gasteiger partial charge on any atom is -0.497 e. The van der Waals surface area contributed by atoms with E-state index in [1.54, 1.807) is 48.5 Å². The molecule has 0 atom stereocenters. The molecule has 2 aromatic carbocycles. The molecule has 1 saturated heterocycles. The molecule has 1 aliphatic rings. The molecule has 0 saturated carbocycles. The first-order valence-electron chi connectivity index (χ1n) is 8.43. The average Bonchev–Trinajstić information content (AvgIpc) is 2.96. The molecule has 0 aromatic heterocycles. The summed E-state index contributed by atoms with van der Waals surface area (Å²) in [5.74, 6) is 0.00412. The van der Waals surface area contributed by atoms with Crippen LogP contribution in [0.1, 0.15) is 5.56 Å². The van der Waals surface area contributed by atoms with Gasteiger partial charge < -0.3 is 20.1 Å². The molecule has 0 spiro atoms. The SMILES string of the molecule is COc1cccc(/C=C2/NC(=O)N(CC(=O)Nc3ccccc3OC)C2=O)c1. The number of ether oxygens (including phenoxy) is 2. The molecule has 8 nitrogen and oxygen atoms in total. The van der Waals surface area contributed by atoms with Gasteiger partial charge in [-0.05, 0) is 35.9 Å². The lowest BCUT2D eigenvalue weighted by Crippen LogP contribution is -2.38. The number of hydrogen-bond acceptors (Lipinski definition) is 5. The van der Waals surface area contributed by atoms with E-state index in [-0.39, 0.29) is 5.70 Å². The van der Waals surface area contributed by atoms with Gasteiger partial charge in [0.25, 0.3) is 5.91 Å². The van der Waals surface area contributed by atoms with Crippen LogP contribution in [0.2, 0.25) is 0 Å². The van der Waals surface area contributed by atoms with Crippen molar-refractivity contribution >= 4 is 29.6 Å². The zero-order chi connectivity index (χ0) is 20.1. The van der Waals surface area contributed by atoms with Crippen LogP contribution in [0.15, 0.2) is 54.2 Å². The van der Waals surface area contributed by atoms with E-state index >= 15 is 0 Å². The summed E-state index contributed by atoms with van der Waals surface area (Å²) in [6, 6.07) is 13.2. The van der Waals surface area contributed by atoms with Gasteiger partial charge in [0.2, 0.25) is 5.91 Å². The van der Waals surface area contributed by atoms with Crippen molar-refractivity contribution in [2.75, 3.05) is 26.1 Å². The van der Waals surface area contributed by atoms with Gasteiger partial charge in [-0.3, -0.25) is 9.59 Å². The number of para-hydroxylation sites is 2. The molecule has 1 aliphatic heterocycles. The lowest BCUT2D eigenvalue weighted by molar-refractivity contribution is -0.127. The van der Waals surface area contributed by atoms with Gasteiger partial charge in [-0.2, -0.15) is 0 Å². The number of hydrogen-bond donors (Lipinski definition) is 2. The summed E-state index contributed by atoms with van der Waals surface area (Å²) < 4.78 is 10.3. The predicted octanol–water partition coefficient (Wildman–Crippen LogP) is 2.24. The Bertz CT molecular complexity index is 954. The van der Waals surface area contributed by atoms with Crippen LogP contribution in [0.4, 0.5) is 10.5 Å². The number of carbonyl (C=O) groups is 3. The molecule has 2 aromatic rings. The van der Waals surface area contributed by atoms with E-state index in [1.807, 2.05) is 0 Å². The molecule has 1 heterocycles. The Hall–Kier alpha value is -3.81. The molecule has 2 N–H and O–H groups in total. The van der Waals surface area contributed by atoms with E-state index in [9.17, 15) is 14.4 Å². The second-order valence-electron chi connectivity index (χ2n) is 5.90. The Labute approximate surface area is 161 Å². The summed E-state index contributed by atoms with van der Waals surface area (Å²) in [6.07, 6.45) is 1.53. The molecule has 3 rings (SSSR count). The van der Waals surface area contributed by atoms with E-state index in [0.29, 0.717) is 22.7 Å². The van der Waals surface area contributed by atoms with E-state index < -0.39 is 24.4 Å². The van der Waals surface area contributed by atoms with Gasteiger partial charge in [0, 0.05) is 0 Å². The fourth-order valence-corrected chi connectivity index (χ4v) is 2.69. The molecular formula is C20H19N3O5.